The Morgan fingerprint density at radius 2 is 1.27 bits per heavy atom. The second-order valence-electron chi connectivity index (χ2n) is 10.4. The lowest BCUT2D eigenvalue weighted by molar-refractivity contribution is -0.159. The maximum atomic E-state index is 13.8. The number of carbonyl (C=O) groups excluding carboxylic acids is 2. The molecule has 10 heteroatoms. The summed E-state index contributed by atoms with van der Waals surface area (Å²) in [7, 11) is 0. The first-order valence-electron chi connectivity index (χ1n) is 14.5. The zero-order valence-corrected chi connectivity index (χ0v) is 23.9. The van der Waals surface area contributed by atoms with E-state index in [0.717, 1.165) is 45.3 Å². The van der Waals surface area contributed by atoms with Crippen molar-refractivity contribution >= 4 is 23.8 Å². The molecule has 40 heavy (non-hydrogen) atoms. The van der Waals surface area contributed by atoms with Gasteiger partial charge in [0.2, 0.25) is 5.91 Å². The fraction of sp³-hybridized carbons (Fsp3) is 0.633. The summed E-state index contributed by atoms with van der Waals surface area (Å²) < 4.78 is 0. The topological polar surface area (TPSA) is 142 Å². The second kappa shape index (κ2) is 17.3. The molecule has 0 bridgehead atoms. The summed E-state index contributed by atoms with van der Waals surface area (Å²) in [6.45, 7) is 7.47. The third-order valence-corrected chi connectivity index (χ3v) is 7.86. The molecule has 0 heterocycles. The van der Waals surface area contributed by atoms with Crippen molar-refractivity contribution in [1.29, 1.82) is 5.26 Å². The van der Waals surface area contributed by atoms with Gasteiger partial charge in [0, 0.05) is 30.7 Å². The van der Waals surface area contributed by atoms with Crippen molar-refractivity contribution in [3.8, 4) is 6.07 Å². The number of carbonyl (C=O) groups is 4. The van der Waals surface area contributed by atoms with E-state index in [2.05, 4.69) is 29.7 Å². The van der Waals surface area contributed by atoms with Crippen molar-refractivity contribution in [2.45, 2.75) is 90.1 Å². The van der Waals surface area contributed by atoms with Crippen LogP contribution in [-0.4, -0.2) is 93.5 Å². The van der Waals surface area contributed by atoms with E-state index in [1.54, 1.807) is 29.2 Å². The molecule has 0 unspecified atom stereocenters. The monoisotopic (exact) mass is 556 g/mol. The van der Waals surface area contributed by atoms with Crippen LogP contribution in [0.2, 0.25) is 0 Å². The van der Waals surface area contributed by atoms with Gasteiger partial charge in [-0.15, -0.1) is 0 Å². The van der Waals surface area contributed by atoms with Crippen LogP contribution in [0.1, 0.15) is 94.0 Å². The van der Waals surface area contributed by atoms with Gasteiger partial charge in [0.25, 0.3) is 5.91 Å². The van der Waals surface area contributed by atoms with Crippen molar-refractivity contribution < 1.29 is 29.4 Å². The van der Waals surface area contributed by atoms with Gasteiger partial charge in [0.05, 0.1) is 11.6 Å². The number of amides is 2. The van der Waals surface area contributed by atoms with Gasteiger partial charge >= 0.3 is 11.9 Å². The Hall–Kier alpha value is -3.45. The van der Waals surface area contributed by atoms with E-state index in [0.29, 0.717) is 29.8 Å². The van der Waals surface area contributed by atoms with Crippen LogP contribution in [0.25, 0.3) is 0 Å². The molecule has 3 rings (SSSR count). The molecular weight excluding hydrogens is 512 g/mol. The van der Waals surface area contributed by atoms with E-state index in [-0.39, 0.29) is 18.4 Å². The van der Waals surface area contributed by atoms with Gasteiger partial charge in [0.15, 0.2) is 0 Å². The number of carboxylic acids is 2. The normalized spacial score (nSPS) is 15.8. The smallest absolute Gasteiger partial charge is 0.414 e. The highest BCUT2D eigenvalue weighted by atomic mass is 16.4. The van der Waals surface area contributed by atoms with Crippen LogP contribution >= 0.6 is 0 Å². The molecule has 0 aliphatic heterocycles. The molecule has 1 aromatic rings. The van der Waals surface area contributed by atoms with Gasteiger partial charge in [-0.25, -0.2) is 9.59 Å². The molecule has 0 saturated heterocycles. The average Bonchev–Trinajstić information content (AvgIpc) is 2.98. The van der Waals surface area contributed by atoms with Crippen molar-refractivity contribution in [1.82, 2.24) is 14.7 Å². The predicted octanol–water partition coefficient (Wildman–Crippen LogP) is 3.99. The van der Waals surface area contributed by atoms with E-state index >= 15 is 0 Å². The Balaban J connectivity index is 0.000000840. The highest BCUT2D eigenvalue weighted by molar-refractivity contribution is 6.27. The summed E-state index contributed by atoms with van der Waals surface area (Å²) in [6, 6.07) is 9.50. The fourth-order valence-electron chi connectivity index (χ4n) is 5.59. The number of hydrogen-bond donors (Lipinski definition) is 2. The summed E-state index contributed by atoms with van der Waals surface area (Å²) in [5.41, 5.74) is 1.07. The van der Waals surface area contributed by atoms with Gasteiger partial charge in [-0.05, 0) is 63.0 Å². The molecule has 1 aromatic carbocycles. The van der Waals surface area contributed by atoms with Crippen LogP contribution in [0, 0.1) is 11.3 Å². The average molecular weight is 557 g/mol. The third kappa shape index (κ3) is 10.3. The Kier molecular flexibility index (Phi) is 14.2. The number of nitrogens with zero attached hydrogens (tertiary/aromatic N) is 4. The molecule has 10 nitrogen and oxygen atoms in total. The minimum Gasteiger partial charge on any atom is -0.473 e. The molecule has 2 N–H and O–H groups in total. The van der Waals surface area contributed by atoms with Crippen LogP contribution in [0.3, 0.4) is 0 Å². The minimum absolute atomic E-state index is 0.111. The molecule has 2 aliphatic carbocycles. The summed E-state index contributed by atoms with van der Waals surface area (Å²) in [5.74, 6) is -3.66. The van der Waals surface area contributed by atoms with E-state index in [9.17, 15) is 9.59 Å². The summed E-state index contributed by atoms with van der Waals surface area (Å²) >= 11 is 0. The predicted molar refractivity (Wildman–Crippen MR) is 151 cm³/mol. The van der Waals surface area contributed by atoms with E-state index in [4.69, 9.17) is 25.1 Å². The quantitative estimate of drug-likeness (QED) is 0.412. The van der Waals surface area contributed by atoms with E-state index < -0.39 is 11.9 Å². The van der Waals surface area contributed by atoms with Crippen LogP contribution in [0.15, 0.2) is 24.3 Å². The summed E-state index contributed by atoms with van der Waals surface area (Å²) in [4.78, 5) is 51.8. The fourth-order valence-corrected chi connectivity index (χ4v) is 5.59. The molecule has 2 fully saturated rings. The molecule has 2 amide bonds. The molecule has 0 aromatic heterocycles. The second-order valence-corrected chi connectivity index (χ2v) is 10.4. The highest BCUT2D eigenvalue weighted by Crippen LogP contribution is 2.30. The Bertz CT molecular complexity index is 976. The Morgan fingerprint density at radius 1 is 0.800 bits per heavy atom. The number of hydrogen-bond acceptors (Lipinski definition) is 6. The lowest BCUT2D eigenvalue weighted by Gasteiger charge is -2.42. The van der Waals surface area contributed by atoms with Crippen LogP contribution in [-0.2, 0) is 14.4 Å². The number of nitriles is 1. The molecule has 2 saturated carbocycles. The SMILES string of the molecule is CCN(CC)CCN(CC(=O)N(C1CCCCC1)C1CCCCC1)C(=O)c1ccc(C#N)cc1.O=C(O)C(=O)O. The zero-order chi connectivity index (χ0) is 29.5. The molecule has 220 valence electrons. The first-order valence-corrected chi connectivity index (χ1v) is 14.5. The number of rotatable bonds is 10. The Morgan fingerprint density at radius 3 is 1.68 bits per heavy atom. The van der Waals surface area contributed by atoms with Gasteiger partial charge in [-0.2, -0.15) is 5.26 Å². The number of aliphatic carboxylic acids is 2. The van der Waals surface area contributed by atoms with Gasteiger partial charge < -0.3 is 24.9 Å². The molecule has 0 spiro atoms. The summed E-state index contributed by atoms with van der Waals surface area (Å²) in [5, 5.41) is 23.9. The standard InChI is InChI=1S/C28H42N4O2.C2H2O4/c1-3-30(4-2)19-20-31(28(34)24-17-15-23(21-29)16-18-24)22-27(33)32(25-11-7-5-8-12-25)26-13-9-6-10-14-26;3-1(4)2(5)6/h15-18,25-26H,3-14,19-20,22H2,1-2H3;(H,3,4)(H,5,6). The zero-order valence-electron chi connectivity index (χ0n) is 23.9. The van der Waals surface area contributed by atoms with Crippen molar-refractivity contribution in [3.63, 3.8) is 0 Å². The van der Waals surface area contributed by atoms with Gasteiger partial charge in [0.1, 0.15) is 6.54 Å². The molecule has 0 atom stereocenters. The largest absolute Gasteiger partial charge is 0.473 e. The lowest BCUT2D eigenvalue weighted by atomic mass is 9.88. The summed E-state index contributed by atoms with van der Waals surface area (Å²) in [6.07, 6.45) is 11.6. The number of carboxylic acid groups (broad SMARTS) is 2. The van der Waals surface area contributed by atoms with Crippen LogP contribution in [0.4, 0.5) is 0 Å². The van der Waals surface area contributed by atoms with Gasteiger partial charge in [-0.1, -0.05) is 52.4 Å². The minimum atomic E-state index is -1.82. The number of benzene rings is 1. The molecule has 2 aliphatic rings. The lowest BCUT2D eigenvalue weighted by Crippen LogP contribution is -2.53. The maximum Gasteiger partial charge on any atom is 0.414 e. The van der Waals surface area contributed by atoms with Crippen LogP contribution < -0.4 is 0 Å². The van der Waals surface area contributed by atoms with Gasteiger partial charge in [-0.3, -0.25) is 9.59 Å². The van der Waals surface area contributed by atoms with Crippen molar-refractivity contribution in [2.75, 3.05) is 32.7 Å². The van der Waals surface area contributed by atoms with Crippen molar-refractivity contribution in [3.05, 3.63) is 35.4 Å². The first kappa shape index (κ1) is 32.8. The van der Waals surface area contributed by atoms with Crippen LogP contribution in [0.5, 0.6) is 0 Å². The molecular formula is C30H44N4O6. The van der Waals surface area contributed by atoms with E-state index in [1.165, 1.54) is 38.5 Å². The van der Waals surface area contributed by atoms with Crippen molar-refractivity contribution in [2.24, 2.45) is 0 Å². The Labute approximate surface area is 237 Å². The van der Waals surface area contributed by atoms with E-state index in [1.807, 2.05) is 0 Å². The molecule has 0 radical (unpaired) electrons. The maximum absolute atomic E-state index is 13.8. The first-order chi connectivity index (χ1) is 19.2. The third-order valence-electron chi connectivity index (χ3n) is 7.86. The number of likely N-dealkylation sites (N-methyl/N-ethyl adjacent to an activating group) is 1. The highest BCUT2D eigenvalue weighted by Gasteiger charge is 2.34.